The summed E-state index contributed by atoms with van der Waals surface area (Å²) in [6.07, 6.45) is 11.4. The number of hydrogen-bond acceptors (Lipinski definition) is 4. The molecule has 5 atom stereocenters. The molecule has 34 heavy (non-hydrogen) atoms. The van der Waals surface area contributed by atoms with Crippen LogP contribution < -0.4 is 10.9 Å². The zero-order valence-electron chi connectivity index (χ0n) is 20.6. The van der Waals surface area contributed by atoms with Crippen LogP contribution in [0.2, 0.25) is 0 Å². The highest BCUT2D eigenvalue weighted by atomic mass is 16.5. The molecule has 2 aromatic rings. The zero-order valence-corrected chi connectivity index (χ0v) is 20.6. The lowest BCUT2D eigenvalue weighted by Crippen LogP contribution is -2.31. The van der Waals surface area contributed by atoms with Gasteiger partial charge in [0.2, 0.25) is 5.91 Å². The van der Waals surface area contributed by atoms with Crippen molar-refractivity contribution < 1.29 is 14.3 Å². The Kier molecular flexibility index (Phi) is 6.03. The summed E-state index contributed by atoms with van der Waals surface area (Å²) < 4.78 is 6.68. The molecule has 1 heterocycles. The molecule has 6 heteroatoms. The van der Waals surface area contributed by atoms with Gasteiger partial charge in [-0.25, -0.2) is 0 Å². The first-order valence-electron chi connectivity index (χ1n) is 12.8. The smallest absolute Gasteiger partial charge is 0.302 e. The van der Waals surface area contributed by atoms with Crippen LogP contribution in [0.3, 0.4) is 0 Å². The molecule has 3 saturated carbocycles. The molecule has 3 aliphatic rings. The normalized spacial score (nSPS) is 28.5. The van der Waals surface area contributed by atoms with E-state index in [1.54, 1.807) is 10.8 Å². The SMILES string of the molecule is CC(=O)OC[C@@H](C)n1ccc2c(NC(=O)CC34CC5CCCC(C3)C(C5)C4)c(C)ccc2c1=O. The van der Waals surface area contributed by atoms with Crippen molar-refractivity contribution in [3.63, 3.8) is 0 Å². The highest BCUT2D eigenvalue weighted by Crippen LogP contribution is 2.61. The van der Waals surface area contributed by atoms with Gasteiger partial charge in [-0.2, -0.15) is 0 Å². The van der Waals surface area contributed by atoms with Crippen molar-refractivity contribution in [2.24, 2.45) is 23.2 Å². The number of amides is 1. The fraction of sp³-hybridized carbons (Fsp3) is 0.607. The van der Waals surface area contributed by atoms with Gasteiger partial charge in [0.25, 0.3) is 5.56 Å². The molecule has 3 aliphatic carbocycles. The van der Waals surface area contributed by atoms with Crippen molar-refractivity contribution >= 4 is 28.3 Å². The molecule has 4 unspecified atom stereocenters. The summed E-state index contributed by atoms with van der Waals surface area (Å²) in [5.74, 6) is 2.14. The number of fused-ring (bicyclic) bond motifs is 3. The number of hydrogen-bond donors (Lipinski definition) is 1. The fourth-order valence-electron chi connectivity index (χ4n) is 7.34. The van der Waals surface area contributed by atoms with Gasteiger partial charge >= 0.3 is 5.97 Å². The van der Waals surface area contributed by atoms with Gasteiger partial charge in [0.05, 0.1) is 11.7 Å². The summed E-state index contributed by atoms with van der Waals surface area (Å²) >= 11 is 0. The molecule has 5 rings (SSSR count). The minimum Gasteiger partial charge on any atom is -0.464 e. The molecule has 0 spiro atoms. The maximum atomic E-state index is 13.3. The van der Waals surface area contributed by atoms with Gasteiger partial charge in [0, 0.05) is 30.3 Å². The van der Waals surface area contributed by atoms with E-state index < -0.39 is 0 Å². The van der Waals surface area contributed by atoms with Crippen LogP contribution >= 0.6 is 0 Å². The number of anilines is 1. The number of esters is 1. The predicted molar refractivity (Wildman–Crippen MR) is 133 cm³/mol. The molecule has 1 aromatic carbocycles. The van der Waals surface area contributed by atoms with Crippen LogP contribution in [0.15, 0.2) is 29.2 Å². The van der Waals surface area contributed by atoms with E-state index in [0.29, 0.717) is 11.8 Å². The van der Waals surface area contributed by atoms with E-state index in [4.69, 9.17) is 4.74 Å². The van der Waals surface area contributed by atoms with E-state index in [2.05, 4.69) is 5.32 Å². The number of benzene rings is 1. The standard InChI is InChI=1S/C28H36N2O4/c1-17-7-8-24-23(9-10-30(27(24)33)18(2)16-34-19(3)31)26(17)29-25(32)15-28-12-20-5-4-6-21(13-28)22(11-20)14-28/h7-10,18,20-22H,4-6,11-16H2,1-3H3,(H,29,32)/t18-,20?,21?,22?,28?/m1/s1. The second kappa shape index (κ2) is 8.86. The lowest BCUT2D eigenvalue weighted by atomic mass is 9.68. The van der Waals surface area contributed by atoms with Gasteiger partial charge in [-0.3, -0.25) is 14.4 Å². The van der Waals surface area contributed by atoms with Gasteiger partial charge in [-0.15, -0.1) is 0 Å². The summed E-state index contributed by atoms with van der Waals surface area (Å²) in [7, 11) is 0. The average Bonchev–Trinajstić information content (AvgIpc) is 2.93. The van der Waals surface area contributed by atoms with Gasteiger partial charge in [-0.1, -0.05) is 25.3 Å². The molecular formula is C28H36N2O4. The van der Waals surface area contributed by atoms with Gasteiger partial charge in [-0.05, 0) is 80.4 Å². The number of aryl methyl sites for hydroxylation is 1. The molecule has 3 fully saturated rings. The Morgan fingerprint density at radius 1 is 1.15 bits per heavy atom. The van der Waals surface area contributed by atoms with Gasteiger partial charge in [0.1, 0.15) is 6.61 Å². The molecule has 0 radical (unpaired) electrons. The maximum Gasteiger partial charge on any atom is 0.302 e. The van der Waals surface area contributed by atoms with Crippen LogP contribution in [0.1, 0.15) is 76.8 Å². The van der Waals surface area contributed by atoms with Crippen LogP contribution in [-0.4, -0.2) is 23.1 Å². The molecule has 0 aliphatic heterocycles. The minimum atomic E-state index is -0.365. The molecular weight excluding hydrogens is 428 g/mol. The third-order valence-electron chi connectivity index (χ3n) is 8.73. The Labute approximate surface area is 201 Å². The Morgan fingerprint density at radius 2 is 1.94 bits per heavy atom. The zero-order chi connectivity index (χ0) is 24.0. The van der Waals surface area contributed by atoms with Crippen molar-refractivity contribution in [3.8, 4) is 0 Å². The summed E-state index contributed by atoms with van der Waals surface area (Å²) in [5, 5.41) is 4.52. The molecule has 3 bridgehead atoms. The highest BCUT2D eigenvalue weighted by molar-refractivity contribution is 6.03. The number of carbonyl (C=O) groups excluding carboxylic acids is 2. The quantitative estimate of drug-likeness (QED) is 0.583. The summed E-state index contributed by atoms with van der Waals surface area (Å²) in [5.41, 5.74) is 1.71. The third-order valence-corrected chi connectivity index (χ3v) is 8.73. The fourth-order valence-corrected chi connectivity index (χ4v) is 7.34. The van der Waals surface area contributed by atoms with Crippen molar-refractivity contribution in [2.45, 2.75) is 78.2 Å². The first kappa shape index (κ1) is 23.1. The number of aromatic nitrogens is 1. The predicted octanol–water partition coefficient (Wildman–Crippen LogP) is 5.37. The van der Waals surface area contributed by atoms with E-state index in [1.165, 1.54) is 51.9 Å². The second-order valence-electron chi connectivity index (χ2n) is 11.3. The molecule has 0 saturated heterocycles. The molecule has 6 nitrogen and oxygen atoms in total. The lowest BCUT2D eigenvalue weighted by molar-refractivity contribution is -0.142. The number of ether oxygens (including phenoxy) is 1. The summed E-state index contributed by atoms with van der Waals surface area (Å²) in [6.45, 7) is 5.32. The van der Waals surface area contributed by atoms with Crippen LogP contribution in [0.25, 0.3) is 10.8 Å². The van der Waals surface area contributed by atoms with E-state index in [-0.39, 0.29) is 35.5 Å². The van der Waals surface area contributed by atoms with Crippen molar-refractivity contribution in [3.05, 3.63) is 40.3 Å². The average molecular weight is 465 g/mol. The van der Waals surface area contributed by atoms with E-state index in [9.17, 15) is 14.4 Å². The van der Waals surface area contributed by atoms with E-state index >= 15 is 0 Å². The number of pyridine rings is 1. The van der Waals surface area contributed by atoms with E-state index in [0.717, 1.165) is 34.4 Å². The number of rotatable bonds is 6. The first-order chi connectivity index (χ1) is 16.2. The van der Waals surface area contributed by atoms with Gasteiger partial charge < -0.3 is 14.6 Å². The Hall–Kier alpha value is -2.63. The van der Waals surface area contributed by atoms with Crippen molar-refractivity contribution in [1.82, 2.24) is 4.57 Å². The minimum absolute atomic E-state index is 0.0728. The second-order valence-corrected chi connectivity index (χ2v) is 11.3. The van der Waals surface area contributed by atoms with Crippen LogP contribution in [0.5, 0.6) is 0 Å². The topological polar surface area (TPSA) is 77.4 Å². The lowest BCUT2D eigenvalue weighted by Gasteiger charge is -2.37. The molecule has 1 aromatic heterocycles. The monoisotopic (exact) mass is 464 g/mol. The largest absolute Gasteiger partial charge is 0.464 e. The number of nitrogens with one attached hydrogen (secondary N) is 1. The molecule has 182 valence electrons. The Balaban J connectivity index is 1.38. The van der Waals surface area contributed by atoms with Crippen molar-refractivity contribution in [2.75, 3.05) is 11.9 Å². The summed E-state index contributed by atoms with van der Waals surface area (Å²) in [4.78, 5) is 37.7. The van der Waals surface area contributed by atoms with E-state index in [1.807, 2.05) is 32.0 Å². The summed E-state index contributed by atoms with van der Waals surface area (Å²) in [6, 6.07) is 5.33. The van der Waals surface area contributed by atoms with Crippen LogP contribution in [0, 0.1) is 30.1 Å². The maximum absolute atomic E-state index is 13.3. The first-order valence-corrected chi connectivity index (χ1v) is 12.8. The van der Waals surface area contributed by atoms with Crippen LogP contribution in [0.4, 0.5) is 5.69 Å². The van der Waals surface area contributed by atoms with Crippen LogP contribution in [-0.2, 0) is 14.3 Å². The Morgan fingerprint density at radius 3 is 2.74 bits per heavy atom. The Bertz CT molecular complexity index is 1180. The van der Waals surface area contributed by atoms with Crippen molar-refractivity contribution in [1.29, 1.82) is 0 Å². The van der Waals surface area contributed by atoms with Gasteiger partial charge in [0.15, 0.2) is 0 Å². The molecule has 1 amide bonds. The highest BCUT2D eigenvalue weighted by Gasteiger charge is 2.52. The number of nitrogens with zero attached hydrogens (tertiary/aromatic N) is 1. The molecule has 1 N–H and O–H groups in total. The number of carbonyl (C=O) groups is 2. The third kappa shape index (κ3) is 4.27.